The lowest BCUT2D eigenvalue weighted by molar-refractivity contribution is -0.142. The largest absolute Gasteiger partial charge is 0.480 e. The highest BCUT2D eigenvalue weighted by molar-refractivity contribution is 5.94. The minimum atomic E-state index is -1.15. The number of aliphatic carboxylic acids is 1. The number of aromatic nitrogens is 1. The fourth-order valence-corrected chi connectivity index (χ4v) is 3.98. The average molecular weight is 503 g/mol. The molecule has 2 aromatic rings. The van der Waals surface area contributed by atoms with Crippen LogP contribution < -0.4 is 27.4 Å². The number of hydrogen-bond donors (Lipinski definition) is 7. The number of rotatable bonds is 15. The van der Waals surface area contributed by atoms with Gasteiger partial charge < -0.3 is 37.5 Å². The summed E-state index contributed by atoms with van der Waals surface area (Å²) in [7, 11) is 0. The predicted molar refractivity (Wildman–Crippen MR) is 137 cm³/mol. The smallest absolute Gasteiger partial charge is 0.326 e. The first kappa shape index (κ1) is 28.8. The maximum atomic E-state index is 13.3. The lowest BCUT2D eigenvalue weighted by atomic mass is 10.0. The molecule has 198 valence electrons. The van der Waals surface area contributed by atoms with Crippen molar-refractivity contribution >= 4 is 34.6 Å². The summed E-state index contributed by atoms with van der Waals surface area (Å²) < 4.78 is 0. The quantitative estimate of drug-likeness (QED) is 0.171. The summed E-state index contributed by atoms with van der Waals surface area (Å²) in [4.78, 5) is 53.3. The number of unbranched alkanes of at least 4 members (excludes halogenated alkanes) is 1. The van der Waals surface area contributed by atoms with Crippen molar-refractivity contribution in [3.63, 3.8) is 0 Å². The highest BCUT2D eigenvalue weighted by Gasteiger charge is 2.30. The molecule has 3 amide bonds. The maximum absolute atomic E-state index is 13.3. The number of carboxylic acids is 1. The number of carbonyl (C=O) groups is 4. The monoisotopic (exact) mass is 502 g/mol. The Hall–Kier alpha value is -3.44. The Kier molecular flexibility index (Phi) is 11.4. The molecular formula is C25H38N6O5. The highest BCUT2D eigenvalue weighted by Crippen LogP contribution is 2.19. The molecule has 0 fully saturated rings. The van der Waals surface area contributed by atoms with Crippen molar-refractivity contribution in [2.75, 3.05) is 13.1 Å². The molecule has 1 heterocycles. The Bertz CT molecular complexity index is 1040. The molecule has 3 unspecified atom stereocenters. The van der Waals surface area contributed by atoms with E-state index in [-0.39, 0.29) is 25.3 Å². The van der Waals surface area contributed by atoms with Gasteiger partial charge in [-0.3, -0.25) is 14.4 Å². The van der Waals surface area contributed by atoms with Gasteiger partial charge in [-0.1, -0.05) is 32.0 Å². The van der Waals surface area contributed by atoms with E-state index in [2.05, 4.69) is 20.9 Å². The molecule has 11 heteroatoms. The van der Waals surface area contributed by atoms with E-state index < -0.39 is 41.8 Å². The van der Waals surface area contributed by atoms with Crippen LogP contribution in [0.2, 0.25) is 0 Å². The molecule has 36 heavy (non-hydrogen) atoms. The number of nitrogens with two attached hydrogens (primary N) is 2. The first-order valence-electron chi connectivity index (χ1n) is 12.2. The molecule has 0 spiro atoms. The molecule has 0 radical (unpaired) electrons. The van der Waals surface area contributed by atoms with E-state index in [1.807, 2.05) is 38.1 Å². The molecule has 0 aliphatic rings. The topological polar surface area (TPSA) is 192 Å². The molecule has 1 aromatic heterocycles. The van der Waals surface area contributed by atoms with Crippen molar-refractivity contribution in [2.45, 2.75) is 64.1 Å². The Morgan fingerprint density at radius 1 is 0.944 bits per heavy atom. The van der Waals surface area contributed by atoms with E-state index >= 15 is 0 Å². The van der Waals surface area contributed by atoms with Gasteiger partial charge >= 0.3 is 5.97 Å². The third-order valence-corrected chi connectivity index (χ3v) is 5.84. The minimum absolute atomic E-state index is 0.0338. The molecule has 0 saturated carbocycles. The van der Waals surface area contributed by atoms with Crippen LogP contribution in [0.1, 0.15) is 45.1 Å². The van der Waals surface area contributed by atoms with E-state index in [1.165, 1.54) is 0 Å². The van der Waals surface area contributed by atoms with Crippen LogP contribution in [0.15, 0.2) is 30.5 Å². The Morgan fingerprint density at radius 2 is 1.61 bits per heavy atom. The molecule has 0 aliphatic heterocycles. The van der Waals surface area contributed by atoms with Crippen LogP contribution in [0, 0.1) is 5.92 Å². The minimum Gasteiger partial charge on any atom is -0.480 e. The molecule has 0 aliphatic carbocycles. The fourth-order valence-electron chi connectivity index (χ4n) is 3.98. The van der Waals surface area contributed by atoms with E-state index in [9.17, 15) is 24.3 Å². The number of carboxylic acid groups (broad SMARTS) is 1. The SMILES string of the molecule is CC(C)CC(NC(=O)C(Cc1c[nH]c2ccccc12)NC(=O)C(CCCCN)NC(=O)CN)C(=O)O. The van der Waals surface area contributed by atoms with Crippen LogP contribution >= 0.6 is 0 Å². The summed E-state index contributed by atoms with van der Waals surface area (Å²) in [6.07, 6.45) is 3.69. The summed E-state index contributed by atoms with van der Waals surface area (Å²) >= 11 is 0. The number of amides is 3. The van der Waals surface area contributed by atoms with E-state index in [1.54, 1.807) is 6.20 Å². The first-order valence-corrected chi connectivity index (χ1v) is 12.2. The normalized spacial score (nSPS) is 13.7. The van der Waals surface area contributed by atoms with Gasteiger partial charge in [0.05, 0.1) is 6.54 Å². The van der Waals surface area contributed by atoms with Crippen LogP contribution in [0.3, 0.4) is 0 Å². The third kappa shape index (κ3) is 8.65. The van der Waals surface area contributed by atoms with E-state index in [0.717, 1.165) is 16.5 Å². The van der Waals surface area contributed by atoms with Crippen LogP contribution in [-0.4, -0.2) is 65.0 Å². The summed E-state index contributed by atoms with van der Waals surface area (Å²) in [6.45, 7) is 3.88. The van der Waals surface area contributed by atoms with E-state index in [4.69, 9.17) is 11.5 Å². The Morgan fingerprint density at radius 3 is 2.25 bits per heavy atom. The van der Waals surface area contributed by atoms with Gasteiger partial charge in [0.15, 0.2) is 0 Å². The summed E-state index contributed by atoms with van der Waals surface area (Å²) in [5.74, 6) is -2.78. The van der Waals surface area contributed by atoms with Crippen molar-refractivity contribution in [2.24, 2.45) is 17.4 Å². The zero-order valence-corrected chi connectivity index (χ0v) is 20.9. The number of fused-ring (bicyclic) bond motifs is 1. The van der Waals surface area contributed by atoms with Gasteiger partial charge in [0.25, 0.3) is 0 Å². The van der Waals surface area contributed by atoms with Crippen LogP contribution in [-0.2, 0) is 25.6 Å². The van der Waals surface area contributed by atoms with Gasteiger partial charge in [0.1, 0.15) is 18.1 Å². The standard InChI is InChI=1S/C25H38N6O5/c1-15(2)11-21(25(35)36)31-24(34)20(12-16-14-28-18-8-4-3-7-17(16)18)30-23(33)19(9-5-6-10-26)29-22(32)13-27/h3-4,7-8,14-15,19-21,28H,5-6,9-13,26-27H2,1-2H3,(H,29,32)(H,30,33)(H,31,34)(H,35,36). The van der Waals surface area contributed by atoms with Gasteiger partial charge in [0, 0.05) is 23.5 Å². The second-order valence-corrected chi connectivity index (χ2v) is 9.26. The van der Waals surface area contributed by atoms with E-state index in [0.29, 0.717) is 25.8 Å². The fraction of sp³-hybridized carbons (Fsp3) is 0.520. The molecule has 11 nitrogen and oxygen atoms in total. The number of carbonyl (C=O) groups excluding carboxylic acids is 3. The van der Waals surface area contributed by atoms with Crippen molar-refractivity contribution < 1.29 is 24.3 Å². The summed E-state index contributed by atoms with van der Waals surface area (Å²) in [5, 5.41) is 18.4. The predicted octanol–water partition coefficient (Wildman–Crippen LogP) is 0.383. The Balaban J connectivity index is 2.29. The molecule has 9 N–H and O–H groups in total. The van der Waals surface area contributed by atoms with Gasteiger partial charge in [-0.05, 0) is 49.8 Å². The van der Waals surface area contributed by atoms with Crippen molar-refractivity contribution in [3.8, 4) is 0 Å². The van der Waals surface area contributed by atoms with Crippen LogP contribution in [0.25, 0.3) is 10.9 Å². The molecule has 0 bridgehead atoms. The second kappa shape index (κ2) is 14.2. The number of hydrogen-bond acceptors (Lipinski definition) is 6. The van der Waals surface area contributed by atoms with Gasteiger partial charge in [0.2, 0.25) is 17.7 Å². The molecule has 3 atom stereocenters. The lowest BCUT2D eigenvalue weighted by Gasteiger charge is -2.25. The first-order chi connectivity index (χ1) is 17.2. The van der Waals surface area contributed by atoms with Gasteiger partial charge in [-0.15, -0.1) is 0 Å². The molecule has 2 rings (SSSR count). The number of benzene rings is 1. The maximum Gasteiger partial charge on any atom is 0.326 e. The lowest BCUT2D eigenvalue weighted by Crippen LogP contribution is -2.57. The average Bonchev–Trinajstić information content (AvgIpc) is 3.24. The Labute approximate surface area is 210 Å². The highest BCUT2D eigenvalue weighted by atomic mass is 16.4. The zero-order chi connectivity index (χ0) is 26.7. The van der Waals surface area contributed by atoms with Crippen LogP contribution in [0.5, 0.6) is 0 Å². The number of nitrogens with one attached hydrogen (secondary N) is 4. The zero-order valence-electron chi connectivity index (χ0n) is 20.9. The number of aromatic amines is 1. The molecular weight excluding hydrogens is 464 g/mol. The summed E-state index contributed by atoms with van der Waals surface area (Å²) in [5.41, 5.74) is 12.6. The number of H-pyrrole nitrogens is 1. The molecule has 1 aromatic carbocycles. The van der Waals surface area contributed by atoms with Gasteiger partial charge in [-0.25, -0.2) is 4.79 Å². The summed E-state index contributed by atoms with van der Waals surface area (Å²) in [6, 6.07) is 4.46. The third-order valence-electron chi connectivity index (χ3n) is 5.84. The molecule has 0 saturated heterocycles. The van der Waals surface area contributed by atoms with Gasteiger partial charge in [-0.2, -0.15) is 0 Å². The number of para-hydroxylation sites is 1. The second-order valence-electron chi connectivity index (χ2n) is 9.26. The van der Waals surface area contributed by atoms with Crippen molar-refractivity contribution in [3.05, 3.63) is 36.0 Å². The van der Waals surface area contributed by atoms with Crippen molar-refractivity contribution in [1.82, 2.24) is 20.9 Å². The van der Waals surface area contributed by atoms with Crippen molar-refractivity contribution in [1.29, 1.82) is 0 Å². The van der Waals surface area contributed by atoms with Crippen LogP contribution in [0.4, 0.5) is 0 Å².